The number of anilines is 1. The minimum absolute atomic E-state index is 0.112. The number of nitrogens with zero attached hydrogens (tertiary/aromatic N) is 2. The minimum Gasteiger partial charge on any atom is -0.494 e. The van der Waals surface area contributed by atoms with Crippen LogP contribution in [0, 0.1) is 10.1 Å². The zero-order valence-corrected chi connectivity index (χ0v) is 15.7. The normalized spacial score (nSPS) is 15.7. The van der Waals surface area contributed by atoms with Crippen molar-refractivity contribution in [2.45, 2.75) is 19.9 Å². The molecule has 0 aromatic heterocycles. The smallest absolute Gasteiger partial charge is 0.410 e. The van der Waals surface area contributed by atoms with Crippen molar-refractivity contribution in [2.75, 3.05) is 45.2 Å². The van der Waals surface area contributed by atoms with Crippen molar-refractivity contribution in [3.8, 4) is 5.75 Å². The number of amides is 2. The van der Waals surface area contributed by atoms with Crippen LogP contribution in [0.15, 0.2) is 18.2 Å². The van der Waals surface area contributed by atoms with Gasteiger partial charge in [0.1, 0.15) is 5.75 Å². The van der Waals surface area contributed by atoms with Crippen LogP contribution in [0.5, 0.6) is 5.75 Å². The number of hydrogen-bond donors (Lipinski definition) is 2. The van der Waals surface area contributed by atoms with Crippen molar-refractivity contribution in [2.24, 2.45) is 0 Å². The second kappa shape index (κ2) is 9.17. The first-order chi connectivity index (χ1) is 12.9. The Bertz CT molecular complexity index is 703. The van der Waals surface area contributed by atoms with Gasteiger partial charge in [-0.1, -0.05) is 0 Å². The summed E-state index contributed by atoms with van der Waals surface area (Å²) in [6.07, 6.45) is -0.329. The molecule has 1 heterocycles. The van der Waals surface area contributed by atoms with Crippen LogP contribution < -0.4 is 15.0 Å². The molecule has 1 aliphatic rings. The molecule has 0 unspecified atom stereocenters. The Morgan fingerprint density at radius 2 is 2.04 bits per heavy atom. The summed E-state index contributed by atoms with van der Waals surface area (Å²) in [6, 6.07) is 3.68. The predicted molar refractivity (Wildman–Crippen MR) is 97.0 cm³/mol. The second-order valence-electron chi connectivity index (χ2n) is 6.20. The summed E-state index contributed by atoms with van der Waals surface area (Å²) in [5.41, 5.74) is 0.267. The number of ether oxygens (including phenoxy) is 2. The Morgan fingerprint density at radius 1 is 1.37 bits per heavy atom. The Morgan fingerprint density at radius 3 is 2.59 bits per heavy atom. The maximum absolute atomic E-state index is 12.6. The number of benzene rings is 1. The number of hydrogen-bond acceptors (Lipinski definition) is 6. The number of nitrogens with one attached hydrogen (secondary N) is 2. The number of non-ortho nitro benzene ring substituents is 1. The SMILES string of the molecule is CCOC(=O)N1CC[NH+]([C@H](C)C(=O)Nc2ccc([N+](=O)[O-])cc2OC)CC1. The van der Waals surface area contributed by atoms with Gasteiger partial charge < -0.3 is 19.7 Å². The van der Waals surface area contributed by atoms with Gasteiger partial charge in [0.15, 0.2) is 6.04 Å². The Balaban J connectivity index is 1.96. The average Bonchev–Trinajstić information content (AvgIpc) is 2.67. The lowest BCUT2D eigenvalue weighted by atomic mass is 10.2. The molecular formula is C17H25N4O6+. The number of carbonyl (C=O) groups is 2. The minimum atomic E-state index is -0.524. The van der Waals surface area contributed by atoms with E-state index < -0.39 is 4.92 Å². The molecule has 1 aromatic carbocycles. The molecule has 1 aliphatic heterocycles. The van der Waals surface area contributed by atoms with Crippen LogP contribution in [0.1, 0.15) is 13.8 Å². The van der Waals surface area contributed by atoms with Crippen molar-refractivity contribution < 1.29 is 28.9 Å². The van der Waals surface area contributed by atoms with Crippen LogP contribution in [-0.2, 0) is 9.53 Å². The zero-order chi connectivity index (χ0) is 20.0. The summed E-state index contributed by atoms with van der Waals surface area (Å²) in [5.74, 6) is 0.00798. The van der Waals surface area contributed by atoms with Gasteiger partial charge in [0.2, 0.25) is 0 Å². The molecule has 2 N–H and O–H groups in total. The van der Waals surface area contributed by atoms with Gasteiger partial charge in [-0.05, 0) is 19.9 Å². The highest BCUT2D eigenvalue weighted by Gasteiger charge is 2.31. The van der Waals surface area contributed by atoms with E-state index in [1.165, 1.54) is 25.3 Å². The van der Waals surface area contributed by atoms with E-state index in [4.69, 9.17) is 9.47 Å². The highest BCUT2D eigenvalue weighted by atomic mass is 16.6. The van der Waals surface area contributed by atoms with Crippen LogP contribution in [0.4, 0.5) is 16.2 Å². The monoisotopic (exact) mass is 381 g/mol. The maximum Gasteiger partial charge on any atom is 0.410 e. The summed E-state index contributed by atoms with van der Waals surface area (Å²) in [7, 11) is 1.39. The predicted octanol–water partition coefficient (Wildman–Crippen LogP) is 0.287. The largest absolute Gasteiger partial charge is 0.494 e. The summed E-state index contributed by atoms with van der Waals surface area (Å²) in [5, 5.41) is 13.6. The van der Waals surface area contributed by atoms with Crippen molar-refractivity contribution in [1.29, 1.82) is 0 Å². The number of carbonyl (C=O) groups excluding carboxylic acids is 2. The fourth-order valence-corrected chi connectivity index (χ4v) is 2.95. The molecular weight excluding hydrogens is 356 g/mol. The van der Waals surface area contributed by atoms with Gasteiger partial charge in [0.05, 0.1) is 56.6 Å². The van der Waals surface area contributed by atoms with E-state index in [2.05, 4.69) is 5.32 Å². The van der Waals surface area contributed by atoms with Gasteiger partial charge in [0, 0.05) is 6.07 Å². The van der Waals surface area contributed by atoms with Crippen LogP contribution in [0.25, 0.3) is 0 Å². The third kappa shape index (κ3) is 5.07. The van der Waals surface area contributed by atoms with Crippen molar-refractivity contribution in [3.63, 3.8) is 0 Å². The van der Waals surface area contributed by atoms with Gasteiger partial charge in [-0.25, -0.2) is 4.79 Å². The van der Waals surface area contributed by atoms with Crippen LogP contribution in [0.2, 0.25) is 0 Å². The fraction of sp³-hybridized carbons (Fsp3) is 0.529. The standard InChI is InChI=1S/C17H24N4O6/c1-4-27-17(23)20-9-7-19(8-10-20)12(2)16(22)18-14-6-5-13(21(24)25)11-15(14)26-3/h5-6,11-12H,4,7-10H2,1-3H3,(H,18,22)/p+1/t12-/m1/s1. The summed E-state index contributed by atoms with van der Waals surface area (Å²) >= 11 is 0. The van der Waals surface area contributed by atoms with E-state index in [0.29, 0.717) is 38.5 Å². The van der Waals surface area contributed by atoms with E-state index in [9.17, 15) is 19.7 Å². The Kier molecular flexibility index (Phi) is 6.94. The van der Waals surface area contributed by atoms with E-state index in [-0.39, 0.29) is 29.5 Å². The third-order valence-electron chi connectivity index (χ3n) is 4.59. The molecule has 2 amide bonds. The Hall–Kier alpha value is -2.88. The third-order valence-corrected chi connectivity index (χ3v) is 4.59. The molecule has 0 spiro atoms. The lowest BCUT2D eigenvalue weighted by Crippen LogP contribution is -3.19. The van der Waals surface area contributed by atoms with Gasteiger partial charge in [-0.3, -0.25) is 19.8 Å². The molecule has 1 aromatic rings. The summed E-state index contributed by atoms with van der Waals surface area (Å²) in [4.78, 5) is 37.4. The molecule has 1 saturated heterocycles. The topological polar surface area (TPSA) is 115 Å². The number of quaternary nitrogens is 1. The molecule has 148 valence electrons. The van der Waals surface area contributed by atoms with Gasteiger partial charge in [-0.2, -0.15) is 0 Å². The average molecular weight is 381 g/mol. The summed E-state index contributed by atoms with van der Waals surface area (Å²) < 4.78 is 10.1. The molecule has 10 nitrogen and oxygen atoms in total. The van der Waals surface area contributed by atoms with Crippen LogP contribution in [0.3, 0.4) is 0 Å². The van der Waals surface area contributed by atoms with Crippen molar-refractivity contribution in [1.82, 2.24) is 4.90 Å². The van der Waals surface area contributed by atoms with Gasteiger partial charge in [0.25, 0.3) is 11.6 Å². The maximum atomic E-state index is 12.6. The number of nitro benzene ring substituents is 1. The molecule has 0 bridgehead atoms. The molecule has 2 rings (SSSR count). The lowest BCUT2D eigenvalue weighted by molar-refractivity contribution is -0.917. The first kappa shape index (κ1) is 20.4. The molecule has 1 fully saturated rings. The number of piperazine rings is 1. The second-order valence-corrected chi connectivity index (χ2v) is 6.20. The van der Waals surface area contributed by atoms with Crippen LogP contribution in [-0.4, -0.2) is 67.8 Å². The highest BCUT2D eigenvalue weighted by Crippen LogP contribution is 2.28. The van der Waals surface area contributed by atoms with E-state index >= 15 is 0 Å². The first-order valence-corrected chi connectivity index (χ1v) is 8.77. The Labute approximate surface area is 157 Å². The molecule has 27 heavy (non-hydrogen) atoms. The van der Waals surface area contributed by atoms with Crippen molar-refractivity contribution in [3.05, 3.63) is 28.3 Å². The lowest BCUT2D eigenvalue weighted by Gasteiger charge is -2.34. The van der Waals surface area contributed by atoms with Crippen molar-refractivity contribution >= 4 is 23.4 Å². The molecule has 0 saturated carbocycles. The highest BCUT2D eigenvalue weighted by molar-refractivity contribution is 5.95. The number of methoxy groups -OCH3 is 1. The molecule has 0 radical (unpaired) electrons. The molecule has 1 atom stereocenters. The van der Waals surface area contributed by atoms with Gasteiger partial charge in [-0.15, -0.1) is 0 Å². The van der Waals surface area contributed by atoms with Gasteiger partial charge >= 0.3 is 6.09 Å². The summed E-state index contributed by atoms with van der Waals surface area (Å²) in [6.45, 7) is 6.21. The van der Waals surface area contributed by atoms with Crippen LogP contribution >= 0.6 is 0 Å². The fourth-order valence-electron chi connectivity index (χ4n) is 2.95. The first-order valence-electron chi connectivity index (χ1n) is 8.77. The molecule has 0 aliphatic carbocycles. The van der Waals surface area contributed by atoms with E-state index in [1.54, 1.807) is 11.8 Å². The quantitative estimate of drug-likeness (QED) is 0.540. The number of nitro groups is 1. The van der Waals surface area contributed by atoms with E-state index in [1.807, 2.05) is 6.92 Å². The van der Waals surface area contributed by atoms with E-state index in [0.717, 1.165) is 4.90 Å². The number of rotatable bonds is 6. The zero-order valence-electron chi connectivity index (χ0n) is 15.7. The molecule has 10 heteroatoms.